The summed E-state index contributed by atoms with van der Waals surface area (Å²) in [5.41, 5.74) is 0. The fourth-order valence-electron chi connectivity index (χ4n) is 4.34. The third kappa shape index (κ3) is 4.93. The van der Waals surface area contributed by atoms with Crippen molar-refractivity contribution in [2.75, 3.05) is 19.7 Å². The van der Waals surface area contributed by atoms with Crippen LogP contribution in [0.1, 0.15) is 71.1 Å². The average Bonchev–Trinajstić information content (AvgIpc) is 3.07. The van der Waals surface area contributed by atoms with Gasteiger partial charge in [-0.25, -0.2) is 0 Å². The summed E-state index contributed by atoms with van der Waals surface area (Å²) in [7, 11) is 0. The first-order valence-corrected chi connectivity index (χ1v) is 9.77. The molecule has 0 aromatic heterocycles. The molecular formula is C19H33NO3. The Balaban J connectivity index is 1.34. The van der Waals surface area contributed by atoms with Gasteiger partial charge < -0.3 is 14.4 Å². The summed E-state index contributed by atoms with van der Waals surface area (Å²) in [6.07, 6.45) is 13.1. The molecule has 1 heterocycles. The Morgan fingerprint density at radius 2 is 1.52 bits per heavy atom. The fourth-order valence-corrected chi connectivity index (χ4v) is 4.34. The molecule has 3 fully saturated rings. The third-order valence-corrected chi connectivity index (χ3v) is 5.94. The number of piperidine rings is 1. The Hall–Kier alpha value is -0.610. The van der Waals surface area contributed by atoms with Crippen molar-refractivity contribution >= 4 is 5.91 Å². The van der Waals surface area contributed by atoms with Gasteiger partial charge in [0.25, 0.3) is 0 Å². The van der Waals surface area contributed by atoms with Crippen molar-refractivity contribution in [2.45, 2.75) is 89.4 Å². The standard InChI is InChI=1S/C19H33NO3/c1-15-6-2-5-9-18(15)22-14-19(21)20-12-10-17(11-13-20)23-16-7-3-4-8-16/h15-18H,2-14H2,1H3. The maximum absolute atomic E-state index is 12.4. The normalized spacial score (nSPS) is 30.7. The first-order valence-electron chi connectivity index (χ1n) is 9.77. The van der Waals surface area contributed by atoms with Gasteiger partial charge in [-0.15, -0.1) is 0 Å². The van der Waals surface area contributed by atoms with Crippen LogP contribution >= 0.6 is 0 Å². The lowest BCUT2D eigenvalue weighted by molar-refractivity contribution is -0.143. The number of hydrogen-bond donors (Lipinski definition) is 0. The van der Waals surface area contributed by atoms with Crippen LogP contribution < -0.4 is 0 Å². The van der Waals surface area contributed by atoms with Gasteiger partial charge >= 0.3 is 0 Å². The van der Waals surface area contributed by atoms with Crippen molar-refractivity contribution in [3.05, 3.63) is 0 Å². The number of carbonyl (C=O) groups is 1. The molecule has 23 heavy (non-hydrogen) atoms. The molecule has 3 aliphatic rings. The molecule has 0 aromatic carbocycles. The molecule has 2 saturated carbocycles. The molecule has 2 atom stereocenters. The molecule has 1 saturated heterocycles. The second-order valence-corrected chi connectivity index (χ2v) is 7.73. The quantitative estimate of drug-likeness (QED) is 0.777. The van der Waals surface area contributed by atoms with E-state index < -0.39 is 0 Å². The van der Waals surface area contributed by atoms with Crippen molar-refractivity contribution in [3.63, 3.8) is 0 Å². The van der Waals surface area contributed by atoms with E-state index in [1.807, 2.05) is 4.90 Å². The molecular weight excluding hydrogens is 290 g/mol. The van der Waals surface area contributed by atoms with E-state index in [-0.39, 0.29) is 18.6 Å². The lowest BCUT2D eigenvalue weighted by Gasteiger charge is -2.34. The summed E-state index contributed by atoms with van der Waals surface area (Å²) in [5.74, 6) is 0.768. The summed E-state index contributed by atoms with van der Waals surface area (Å²) in [6, 6.07) is 0. The van der Waals surface area contributed by atoms with Crippen molar-refractivity contribution in [3.8, 4) is 0 Å². The van der Waals surface area contributed by atoms with Crippen LogP contribution in [0, 0.1) is 5.92 Å². The summed E-state index contributed by atoms with van der Waals surface area (Å²) in [5, 5.41) is 0. The molecule has 0 spiro atoms. The first kappa shape index (κ1) is 17.2. The Morgan fingerprint density at radius 1 is 0.913 bits per heavy atom. The van der Waals surface area contributed by atoms with Crippen LogP contribution in [0.4, 0.5) is 0 Å². The van der Waals surface area contributed by atoms with E-state index in [0.29, 0.717) is 18.1 Å². The van der Waals surface area contributed by atoms with Crippen LogP contribution in [0.25, 0.3) is 0 Å². The molecule has 0 bridgehead atoms. The van der Waals surface area contributed by atoms with Crippen molar-refractivity contribution < 1.29 is 14.3 Å². The smallest absolute Gasteiger partial charge is 0.248 e. The third-order valence-electron chi connectivity index (χ3n) is 5.94. The van der Waals surface area contributed by atoms with Crippen LogP contribution in [0.15, 0.2) is 0 Å². The molecule has 2 unspecified atom stereocenters. The molecule has 1 aliphatic heterocycles. The molecule has 3 rings (SSSR count). The molecule has 132 valence electrons. The number of ether oxygens (including phenoxy) is 2. The second-order valence-electron chi connectivity index (χ2n) is 7.73. The monoisotopic (exact) mass is 323 g/mol. The predicted octanol–water partition coefficient (Wildman–Crippen LogP) is 3.53. The van der Waals surface area contributed by atoms with E-state index in [1.165, 1.54) is 44.9 Å². The molecule has 0 N–H and O–H groups in total. The van der Waals surface area contributed by atoms with Crippen molar-refractivity contribution in [2.24, 2.45) is 5.92 Å². The lowest BCUT2D eigenvalue weighted by Crippen LogP contribution is -2.44. The van der Waals surface area contributed by atoms with Gasteiger partial charge in [0.05, 0.1) is 18.3 Å². The van der Waals surface area contributed by atoms with Crippen molar-refractivity contribution in [1.82, 2.24) is 4.90 Å². The van der Waals surface area contributed by atoms with Crippen LogP contribution in [0.2, 0.25) is 0 Å². The van der Waals surface area contributed by atoms with Gasteiger partial charge in [-0.05, 0) is 44.4 Å². The predicted molar refractivity (Wildman–Crippen MR) is 90.3 cm³/mol. The lowest BCUT2D eigenvalue weighted by atomic mass is 9.88. The average molecular weight is 323 g/mol. The summed E-state index contributed by atoms with van der Waals surface area (Å²) in [6.45, 7) is 4.18. The highest BCUT2D eigenvalue weighted by atomic mass is 16.5. The van der Waals surface area contributed by atoms with E-state index in [4.69, 9.17) is 9.47 Å². The van der Waals surface area contributed by atoms with E-state index in [0.717, 1.165) is 32.4 Å². The number of amides is 1. The first-order chi connectivity index (χ1) is 11.2. The summed E-state index contributed by atoms with van der Waals surface area (Å²) < 4.78 is 12.1. The molecule has 0 radical (unpaired) electrons. The minimum absolute atomic E-state index is 0.169. The molecule has 4 nitrogen and oxygen atoms in total. The highest BCUT2D eigenvalue weighted by Gasteiger charge is 2.28. The van der Waals surface area contributed by atoms with E-state index >= 15 is 0 Å². The van der Waals surface area contributed by atoms with Gasteiger partial charge in [-0.2, -0.15) is 0 Å². The highest BCUT2D eigenvalue weighted by Crippen LogP contribution is 2.27. The van der Waals surface area contributed by atoms with Gasteiger partial charge in [-0.1, -0.05) is 32.6 Å². The number of hydrogen-bond acceptors (Lipinski definition) is 3. The van der Waals surface area contributed by atoms with Gasteiger partial charge in [-0.3, -0.25) is 4.79 Å². The second kappa shape index (κ2) is 8.48. The minimum Gasteiger partial charge on any atom is -0.375 e. The zero-order valence-corrected chi connectivity index (χ0v) is 14.7. The van der Waals surface area contributed by atoms with E-state index in [9.17, 15) is 4.79 Å². The Morgan fingerprint density at radius 3 is 2.22 bits per heavy atom. The molecule has 1 amide bonds. The van der Waals surface area contributed by atoms with Crippen LogP contribution in [0.5, 0.6) is 0 Å². The number of carbonyl (C=O) groups excluding carboxylic acids is 1. The van der Waals surface area contributed by atoms with Crippen LogP contribution in [0.3, 0.4) is 0 Å². The number of likely N-dealkylation sites (tertiary alicyclic amines) is 1. The zero-order chi connectivity index (χ0) is 16.1. The largest absolute Gasteiger partial charge is 0.375 e. The highest BCUT2D eigenvalue weighted by molar-refractivity contribution is 5.77. The summed E-state index contributed by atoms with van der Waals surface area (Å²) in [4.78, 5) is 14.3. The van der Waals surface area contributed by atoms with Crippen LogP contribution in [-0.2, 0) is 14.3 Å². The molecule has 0 aromatic rings. The Bertz CT molecular complexity index is 373. The van der Waals surface area contributed by atoms with Crippen LogP contribution in [-0.4, -0.2) is 48.8 Å². The zero-order valence-electron chi connectivity index (χ0n) is 14.7. The van der Waals surface area contributed by atoms with Gasteiger partial charge in [0.2, 0.25) is 5.91 Å². The number of nitrogens with zero attached hydrogens (tertiary/aromatic N) is 1. The van der Waals surface area contributed by atoms with E-state index in [2.05, 4.69) is 6.92 Å². The Kier molecular flexibility index (Phi) is 6.35. The van der Waals surface area contributed by atoms with Gasteiger partial charge in [0.1, 0.15) is 6.61 Å². The topological polar surface area (TPSA) is 38.8 Å². The SMILES string of the molecule is CC1CCCCC1OCC(=O)N1CCC(OC2CCCC2)CC1. The fraction of sp³-hybridized carbons (Fsp3) is 0.947. The van der Waals surface area contributed by atoms with Gasteiger partial charge in [0.15, 0.2) is 0 Å². The molecule has 4 heteroatoms. The molecule has 2 aliphatic carbocycles. The maximum Gasteiger partial charge on any atom is 0.248 e. The number of rotatable bonds is 5. The minimum atomic E-state index is 0.169. The van der Waals surface area contributed by atoms with Gasteiger partial charge in [0, 0.05) is 13.1 Å². The van der Waals surface area contributed by atoms with Crippen molar-refractivity contribution in [1.29, 1.82) is 0 Å². The summed E-state index contributed by atoms with van der Waals surface area (Å²) >= 11 is 0. The van der Waals surface area contributed by atoms with E-state index in [1.54, 1.807) is 0 Å². The Labute approximate surface area is 140 Å². The maximum atomic E-state index is 12.4.